The summed E-state index contributed by atoms with van der Waals surface area (Å²) in [6.07, 6.45) is 0. The van der Waals surface area contributed by atoms with Crippen LogP contribution in [-0.2, 0) is 0 Å². The molecule has 0 aliphatic rings. The van der Waals surface area contributed by atoms with Crippen LogP contribution in [0.3, 0.4) is 0 Å². The highest BCUT2D eigenvalue weighted by Gasteiger charge is 2.16. The van der Waals surface area contributed by atoms with Crippen molar-refractivity contribution in [3.05, 3.63) is 63.7 Å². The third-order valence-electron chi connectivity index (χ3n) is 3.68. The predicted octanol–water partition coefficient (Wildman–Crippen LogP) is 4.06. The Morgan fingerprint density at radius 2 is 1.93 bits per heavy atom. The summed E-state index contributed by atoms with van der Waals surface area (Å²) in [7, 11) is 0. The van der Waals surface area contributed by atoms with Gasteiger partial charge >= 0.3 is 0 Å². The molecule has 0 radical (unpaired) electrons. The fourth-order valence-electron chi connectivity index (χ4n) is 2.32. The Hall–Kier alpha value is -3.00. The molecule has 7 nitrogen and oxygen atoms in total. The van der Waals surface area contributed by atoms with Crippen LogP contribution in [0, 0.1) is 23.0 Å². The Kier molecular flexibility index (Phi) is 6.84. The first kappa shape index (κ1) is 20.3. The standard InChI is InChI=1S/C19H21N3O4S/c1-12(2)11-26-17-10-5-4-7-14(17)18(23)21-19(27)20-15-8-6-9-16(13(15)3)22(24)25/h4-10,12H,11H2,1-3H3,(H2,20,21,23,27). The van der Waals surface area contributed by atoms with E-state index in [9.17, 15) is 14.9 Å². The van der Waals surface area contributed by atoms with Crippen LogP contribution >= 0.6 is 12.2 Å². The number of nitrogens with zero attached hydrogens (tertiary/aromatic N) is 1. The van der Waals surface area contributed by atoms with Crippen LogP contribution in [0.25, 0.3) is 0 Å². The largest absolute Gasteiger partial charge is 0.492 e. The second-order valence-corrected chi connectivity index (χ2v) is 6.72. The van der Waals surface area contributed by atoms with Crippen LogP contribution in [0.4, 0.5) is 11.4 Å². The minimum atomic E-state index is -0.468. The molecule has 2 aromatic carbocycles. The molecule has 0 saturated carbocycles. The molecule has 0 aromatic heterocycles. The SMILES string of the molecule is Cc1c(NC(=S)NC(=O)c2ccccc2OCC(C)C)cccc1[N+](=O)[O-]. The molecule has 2 N–H and O–H groups in total. The van der Waals surface area contributed by atoms with Crippen LogP contribution in [0.15, 0.2) is 42.5 Å². The van der Waals surface area contributed by atoms with E-state index in [2.05, 4.69) is 10.6 Å². The van der Waals surface area contributed by atoms with Crippen molar-refractivity contribution in [2.75, 3.05) is 11.9 Å². The van der Waals surface area contributed by atoms with Crippen molar-refractivity contribution < 1.29 is 14.5 Å². The van der Waals surface area contributed by atoms with Crippen LogP contribution in [0.1, 0.15) is 29.8 Å². The van der Waals surface area contributed by atoms with Gasteiger partial charge in [-0.05, 0) is 43.3 Å². The van der Waals surface area contributed by atoms with Gasteiger partial charge < -0.3 is 10.1 Å². The van der Waals surface area contributed by atoms with Gasteiger partial charge in [0, 0.05) is 6.07 Å². The van der Waals surface area contributed by atoms with Gasteiger partial charge in [0.2, 0.25) is 0 Å². The molecule has 0 aliphatic carbocycles. The summed E-state index contributed by atoms with van der Waals surface area (Å²) in [5, 5.41) is 16.5. The minimum absolute atomic E-state index is 0.0263. The molecule has 1 amide bonds. The van der Waals surface area contributed by atoms with Gasteiger partial charge in [0.1, 0.15) is 5.75 Å². The zero-order valence-corrected chi connectivity index (χ0v) is 16.1. The molecule has 0 fully saturated rings. The smallest absolute Gasteiger partial charge is 0.274 e. The van der Waals surface area contributed by atoms with Gasteiger partial charge in [0.05, 0.1) is 28.3 Å². The van der Waals surface area contributed by atoms with E-state index in [0.717, 1.165) is 0 Å². The number of nitro benzene ring substituents is 1. The highest BCUT2D eigenvalue weighted by Crippen LogP contribution is 2.25. The van der Waals surface area contributed by atoms with Crippen molar-refractivity contribution in [3.63, 3.8) is 0 Å². The lowest BCUT2D eigenvalue weighted by Crippen LogP contribution is -2.34. The number of rotatable bonds is 6. The predicted molar refractivity (Wildman–Crippen MR) is 108 cm³/mol. The summed E-state index contributed by atoms with van der Waals surface area (Å²) in [5.74, 6) is 0.369. The van der Waals surface area contributed by atoms with Crippen LogP contribution in [0.5, 0.6) is 5.75 Å². The molecule has 0 heterocycles. The molecule has 0 unspecified atom stereocenters. The summed E-state index contributed by atoms with van der Waals surface area (Å²) in [6.45, 7) is 6.13. The van der Waals surface area contributed by atoms with E-state index >= 15 is 0 Å². The number of benzene rings is 2. The number of carbonyl (C=O) groups is 1. The maximum absolute atomic E-state index is 12.5. The van der Waals surface area contributed by atoms with E-state index in [0.29, 0.717) is 35.1 Å². The van der Waals surface area contributed by atoms with Crippen molar-refractivity contribution in [2.24, 2.45) is 5.92 Å². The van der Waals surface area contributed by atoms with E-state index in [-0.39, 0.29) is 10.8 Å². The first-order chi connectivity index (χ1) is 12.8. The fraction of sp³-hybridized carbons (Fsp3) is 0.263. The second kappa shape index (κ2) is 9.09. The molecule has 142 valence electrons. The molecule has 0 saturated heterocycles. The maximum atomic E-state index is 12.5. The molecule has 0 aliphatic heterocycles. The Morgan fingerprint density at radius 1 is 1.22 bits per heavy atom. The number of para-hydroxylation sites is 1. The number of carbonyl (C=O) groups excluding carboxylic acids is 1. The summed E-state index contributed by atoms with van der Waals surface area (Å²) in [6, 6.07) is 11.5. The lowest BCUT2D eigenvalue weighted by molar-refractivity contribution is -0.385. The van der Waals surface area contributed by atoms with Crippen molar-refractivity contribution >= 4 is 34.6 Å². The number of nitrogens with one attached hydrogen (secondary N) is 2. The third-order valence-corrected chi connectivity index (χ3v) is 3.89. The molecule has 0 spiro atoms. The Labute approximate surface area is 162 Å². The summed E-state index contributed by atoms with van der Waals surface area (Å²) in [4.78, 5) is 23.1. The normalized spacial score (nSPS) is 10.4. The lowest BCUT2D eigenvalue weighted by Gasteiger charge is -2.14. The molecule has 8 heteroatoms. The zero-order valence-electron chi connectivity index (χ0n) is 15.3. The van der Waals surface area contributed by atoms with E-state index in [1.165, 1.54) is 6.07 Å². The van der Waals surface area contributed by atoms with Crippen molar-refractivity contribution in [1.82, 2.24) is 5.32 Å². The van der Waals surface area contributed by atoms with Gasteiger partial charge in [-0.1, -0.05) is 32.0 Å². The first-order valence-electron chi connectivity index (χ1n) is 8.37. The average molecular weight is 387 g/mol. The monoisotopic (exact) mass is 387 g/mol. The number of anilines is 1. The van der Waals surface area contributed by atoms with E-state index in [1.807, 2.05) is 13.8 Å². The van der Waals surface area contributed by atoms with Gasteiger partial charge in [-0.2, -0.15) is 0 Å². The minimum Gasteiger partial charge on any atom is -0.492 e. The fourth-order valence-corrected chi connectivity index (χ4v) is 2.52. The molecular formula is C19H21N3O4S. The van der Waals surface area contributed by atoms with Crippen molar-refractivity contribution in [2.45, 2.75) is 20.8 Å². The number of thiocarbonyl (C=S) groups is 1. The summed E-state index contributed by atoms with van der Waals surface area (Å²) in [5.41, 5.74) is 1.22. The van der Waals surface area contributed by atoms with Gasteiger partial charge in [-0.25, -0.2) is 0 Å². The van der Waals surface area contributed by atoms with Gasteiger partial charge in [0.25, 0.3) is 11.6 Å². The molecule has 2 rings (SSSR count). The number of nitro groups is 1. The van der Waals surface area contributed by atoms with E-state index in [4.69, 9.17) is 17.0 Å². The molecule has 2 aromatic rings. The third kappa shape index (κ3) is 5.49. The number of hydrogen-bond acceptors (Lipinski definition) is 5. The first-order valence-corrected chi connectivity index (χ1v) is 8.78. The Balaban J connectivity index is 2.10. The van der Waals surface area contributed by atoms with Crippen LogP contribution in [-0.4, -0.2) is 22.5 Å². The average Bonchev–Trinajstić information content (AvgIpc) is 2.61. The van der Waals surface area contributed by atoms with E-state index in [1.54, 1.807) is 43.3 Å². The number of hydrogen-bond donors (Lipinski definition) is 2. The second-order valence-electron chi connectivity index (χ2n) is 6.32. The summed E-state index contributed by atoms with van der Waals surface area (Å²) < 4.78 is 5.68. The van der Waals surface area contributed by atoms with Crippen LogP contribution in [0.2, 0.25) is 0 Å². The molecule has 0 bridgehead atoms. The highest BCUT2D eigenvalue weighted by molar-refractivity contribution is 7.80. The van der Waals surface area contributed by atoms with E-state index < -0.39 is 10.8 Å². The van der Waals surface area contributed by atoms with Gasteiger partial charge in [0.15, 0.2) is 5.11 Å². The maximum Gasteiger partial charge on any atom is 0.274 e. The number of amides is 1. The molecule has 27 heavy (non-hydrogen) atoms. The topological polar surface area (TPSA) is 93.5 Å². The van der Waals surface area contributed by atoms with Gasteiger partial charge in [-0.15, -0.1) is 0 Å². The highest BCUT2D eigenvalue weighted by atomic mass is 32.1. The Morgan fingerprint density at radius 3 is 2.59 bits per heavy atom. The van der Waals surface area contributed by atoms with Crippen molar-refractivity contribution in [1.29, 1.82) is 0 Å². The zero-order chi connectivity index (χ0) is 20.0. The van der Waals surface area contributed by atoms with Gasteiger partial charge in [-0.3, -0.25) is 20.2 Å². The quantitative estimate of drug-likeness (QED) is 0.441. The molecule has 0 atom stereocenters. The number of ether oxygens (including phenoxy) is 1. The Bertz CT molecular complexity index is 868. The van der Waals surface area contributed by atoms with Crippen LogP contribution < -0.4 is 15.4 Å². The molecular weight excluding hydrogens is 366 g/mol. The van der Waals surface area contributed by atoms with Crippen molar-refractivity contribution in [3.8, 4) is 5.75 Å². The summed E-state index contributed by atoms with van der Waals surface area (Å²) >= 11 is 5.18. The lowest BCUT2D eigenvalue weighted by atomic mass is 10.1.